The molecular formula is C29H32N4O5. The molecule has 0 fully saturated rings. The van der Waals surface area contributed by atoms with Gasteiger partial charge in [-0.05, 0) is 49.6 Å². The van der Waals surface area contributed by atoms with E-state index in [1.54, 1.807) is 4.57 Å². The second-order valence-electron chi connectivity index (χ2n) is 9.40. The number of para-hydroxylation sites is 3. The molecule has 0 aliphatic carbocycles. The van der Waals surface area contributed by atoms with Crippen LogP contribution >= 0.6 is 0 Å². The molecule has 2 aromatic heterocycles. The van der Waals surface area contributed by atoms with E-state index in [4.69, 9.17) is 9.47 Å². The van der Waals surface area contributed by atoms with Gasteiger partial charge in [0.05, 0.1) is 23.1 Å². The lowest BCUT2D eigenvalue weighted by Crippen LogP contribution is -2.39. The summed E-state index contributed by atoms with van der Waals surface area (Å²) in [5, 5.41) is 13.4. The molecule has 1 aliphatic heterocycles. The number of benzene rings is 2. The van der Waals surface area contributed by atoms with Crippen molar-refractivity contribution < 1.29 is 24.2 Å². The van der Waals surface area contributed by atoms with Gasteiger partial charge in [-0.2, -0.15) is 0 Å². The Labute approximate surface area is 220 Å². The van der Waals surface area contributed by atoms with Crippen LogP contribution in [0.4, 0.5) is 0 Å². The van der Waals surface area contributed by atoms with E-state index < -0.39 is 6.29 Å². The minimum absolute atomic E-state index is 0.0336. The largest absolute Gasteiger partial charge is 0.459 e. The predicted molar refractivity (Wildman–Crippen MR) is 143 cm³/mol. The summed E-state index contributed by atoms with van der Waals surface area (Å²) in [6.07, 6.45) is 4.15. The molecule has 9 nitrogen and oxygen atoms in total. The monoisotopic (exact) mass is 516 g/mol. The van der Waals surface area contributed by atoms with Crippen molar-refractivity contribution in [2.75, 3.05) is 13.2 Å². The molecule has 0 spiro atoms. The number of carbonyl (C=O) groups excluding carboxylic acids is 2. The molecule has 1 amide bonds. The predicted octanol–water partition coefficient (Wildman–Crippen LogP) is 4.24. The summed E-state index contributed by atoms with van der Waals surface area (Å²) >= 11 is 0. The third kappa shape index (κ3) is 5.07. The van der Waals surface area contributed by atoms with Crippen LogP contribution in [0.15, 0.2) is 66.6 Å². The molecule has 9 heteroatoms. The molecule has 0 unspecified atom stereocenters. The third-order valence-electron chi connectivity index (χ3n) is 6.93. The number of aromatic amines is 1. The molecule has 0 radical (unpaired) electrons. The van der Waals surface area contributed by atoms with Gasteiger partial charge in [0.1, 0.15) is 5.82 Å². The fourth-order valence-corrected chi connectivity index (χ4v) is 5.19. The van der Waals surface area contributed by atoms with Gasteiger partial charge in [-0.1, -0.05) is 30.3 Å². The summed E-state index contributed by atoms with van der Waals surface area (Å²) in [4.78, 5) is 33.5. The van der Waals surface area contributed by atoms with E-state index in [9.17, 15) is 14.7 Å². The molecule has 2 aromatic carbocycles. The number of imidazole rings is 1. The van der Waals surface area contributed by atoms with E-state index in [2.05, 4.69) is 15.3 Å². The Bertz CT molecular complexity index is 1450. The quantitative estimate of drug-likeness (QED) is 0.306. The van der Waals surface area contributed by atoms with Crippen LogP contribution in [0.25, 0.3) is 21.9 Å². The van der Waals surface area contributed by atoms with Gasteiger partial charge in [-0.3, -0.25) is 14.2 Å². The maximum atomic E-state index is 13.3. The smallest absolute Gasteiger partial charge is 0.286 e. The normalized spacial score (nSPS) is 19.3. The standard InChI is InChI=1S/C29H32N4O5/c1-3-37-29-20(10-8-14-34)21(22-17-33(18(2)35)25-13-7-4-9-19(22)25)15-26(38-29)28(36)30-16-27-31-23-11-5-6-12-24(23)32-27/h4-7,9,11-13,15,17,20-21,29,34H,3,8,10,14,16H2,1-2H3,(H,30,36)(H,31,32)/t20-,21-,29+/m1/s1. The highest BCUT2D eigenvalue weighted by Gasteiger charge is 2.39. The number of hydrogen-bond acceptors (Lipinski definition) is 6. The van der Waals surface area contributed by atoms with Gasteiger partial charge < -0.3 is 24.9 Å². The fraction of sp³-hybridized carbons (Fsp3) is 0.345. The van der Waals surface area contributed by atoms with Gasteiger partial charge in [0.2, 0.25) is 12.2 Å². The Balaban J connectivity index is 1.49. The van der Waals surface area contributed by atoms with Crippen LogP contribution in [0.5, 0.6) is 0 Å². The minimum Gasteiger partial charge on any atom is -0.459 e. The van der Waals surface area contributed by atoms with Gasteiger partial charge in [0, 0.05) is 43.6 Å². The summed E-state index contributed by atoms with van der Waals surface area (Å²) in [7, 11) is 0. The van der Waals surface area contributed by atoms with Crippen molar-refractivity contribution in [2.45, 2.75) is 45.4 Å². The molecule has 0 bridgehead atoms. The maximum absolute atomic E-state index is 13.3. The molecule has 0 saturated heterocycles. The number of aliphatic hydroxyl groups excluding tert-OH is 1. The van der Waals surface area contributed by atoms with Crippen molar-refractivity contribution in [1.29, 1.82) is 0 Å². The molecule has 3 heterocycles. The molecule has 198 valence electrons. The van der Waals surface area contributed by atoms with Crippen molar-refractivity contribution in [3.63, 3.8) is 0 Å². The zero-order valence-electron chi connectivity index (χ0n) is 21.5. The Morgan fingerprint density at radius 2 is 1.97 bits per heavy atom. The van der Waals surface area contributed by atoms with Gasteiger partial charge in [-0.15, -0.1) is 0 Å². The first-order valence-corrected chi connectivity index (χ1v) is 12.9. The number of carbonyl (C=O) groups is 2. The Hall–Kier alpha value is -3.95. The van der Waals surface area contributed by atoms with Crippen molar-refractivity contribution in [2.24, 2.45) is 5.92 Å². The lowest BCUT2D eigenvalue weighted by Gasteiger charge is -2.36. The number of hydrogen-bond donors (Lipinski definition) is 3. The van der Waals surface area contributed by atoms with Crippen molar-refractivity contribution >= 4 is 33.8 Å². The SMILES string of the molecule is CCO[C@H]1OC(C(=O)NCc2nc3ccccc3[nH]2)=C[C@@H](c2cn(C(C)=O)c3ccccc23)[C@H]1CCCO. The molecule has 38 heavy (non-hydrogen) atoms. The molecule has 1 aliphatic rings. The number of aliphatic hydroxyl groups is 1. The summed E-state index contributed by atoms with van der Waals surface area (Å²) in [6.45, 7) is 4.04. The van der Waals surface area contributed by atoms with E-state index in [0.717, 1.165) is 27.5 Å². The number of rotatable bonds is 9. The fourth-order valence-electron chi connectivity index (χ4n) is 5.19. The summed E-state index contributed by atoms with van der Waals surface area (Å²) in [6, 6.07) is 15.4. The number of ether oxygens (including phenoxy) is 2. The zero-order valence-corrected chi connectivity index (χ0v) is 21.5. The average Bonchev–Trinajstić information content (AvgIpc) is 3.52. The molecule has 3 atom stereocenters. The Morgan fingerprint density at radius 1 is 1.18 bits per heavy atom. The van der Waals surface area contributed by atoms with Crippen LogP contribution in [0.3, 0.4) is 0 Å². The molecule has 4 aromatic rings. The van der Waals surface area contributed by atoms with E-state index in [1.165, 1.54) is 6.92 Å². The second kappa shape index (κ2) is 11.2. The average molecular weight is 517 g/mol. The van der Waals surface area contributed by atoms with Crippen LogP contribution in [0.1, 0.15) is 48.8 Å². The van der Waals surface area contributed by atoms with Crippen LogP contribution in [0.2, 0.25) is 0 Å². The molecular weight excluding hydrogens is 484 g/mol. The van der Waals surface area contributed by atoms with E-state index >= 15 is 0 Å². The Morgan fingerprint density at radius 3 is 2.74 bits per heavy atom. The van der Waals surface area contributed by atoms with Gasteiger partial charge in [-0.25, -0.2) is 4.98 Å². The van der Waals surface area contributed by atoms with E-state index in [0.29, 0.717) is 25.3 Å². The van der Waals surface area contributed by atoms with Crippen molar-refractivity contribution in [3.8, 4) is 0 Å². The zero-order chi connectivity index (χ0) is 26.6. The number of fused-ring (bicyclic) bond motifs is 2. The highest BCUT2D eigenvalue weighted by molar-refractivity contribution is 5.95. The van der Waals surface area contributed by atoms with Gasteiger partial charge in [0.25, 0.3) is 5.91 Å². The van der Waals surface area contributed by atoms with E-state index in [1.807, 2.05) is 67.7 Å². The van der Waals surface area contributed by atoms with Gasteiger partial charge in [0.15, 0.2) is 5.76 Å². The van der Waals surface area contributed by atoms with Crippen LogP contribution < -0.4 is 5.32 Å². The maximum Gasteiger partial charge on any atom is 0.286 e. The van der Waals surface area contributed by atoms with Crippen molar-refractivity contribution in [3.05, 3.63) is 78.0 Å². The number of H-pyrrole nitrogens is 1. The summed E-state index contributed by atoms with van der Waals surface area (Å²) < 4.78 is 13.7. The van der Waals surface area contributed by atoms with Crippen LogP contribution in [0, 0.1) is 5.92 Å². The minimum atomic E-state index is -0.687. The topological polar surface area (TPSA) is 118 Å². The summed E-state index contributed by atoms with van der Waals surface area (Å²) in [5.41, 5.74) is 3.44. The highest BCUT2D eigenvalue weighted by Crippen LogP contribution is 2.42. The number of nitrogens with one attached hydrogen (secondary N) is 2. The van der Waals surface area contributed by atoms with Crippen LogP contribution in [-0.2, 0) is 20.8 Å². The first-order chi connectivity index (χ1) is 18.5. The first kappa shape index (κ1) is 25.7. The summed E-state index contributed by atoms with van der Waals surface area (Å²) in [5.74, 6) is -0.121. The van der Waals surface area contributed by atoms with Crippen molar-refractivity contribution in [1.82, 2.24) is 19.9 Å². The second-order valence-corrected chi connectivity index (χ2v) is 9.40. The number of nitrogens with zero attached hydrogens (tertiary/aromatic N) is 2. The number of amides is 1. The van der Waals surface area contributed by atoms with Gasteiger partial charge >= 0.3 is 0 Å². The highest BCUT2D eigenvalue weighted by atomic mass is 16.7. The molecule has 5 rings (SSSR count). The first-order valence-electron chi connectivity index (χ1n) is 12.9. The third-order valence-corrected chi connectivity index (χ3v) is 6.93. The molecule has 0 saturated carbocycles. The lowest BCUT2D eigenvalue weighted by atomic mass is 9.80. The number of allylic oxidation sites excluding steroid dienone is 1. The van der Waals surface area contributed by atoms with Crippen LogP contribution in [-0.4, -0.2) is 51.0 Å². The molecule has 3 N–H and O–H groups in total. The van der Waals surface area contributed by atoms with E-state index in [-0.39, 0.29) is 42.6 Å². The Kier molecular flexibility index (Phi) is 7.57. The number of aromatic nitrogens is 3. The lowest BCUT2D eigenvalue weighted by molar-refractivity contribution is -0.166.